The van der Waals surface area contributed by atoms with Crippen molar-refractivity contribution < 1.29 is 14.3 Å². The van der Waals surface area contributed by atoms with Crippen LogP contribution in [0.4, 0.5) is 11.4 Å². The van der Waals surface area contributed by atoms with Crippen LogP contribution in [0.1, 0.15) is 13.3 Å². The summed E-state index contributed by atoms with van der Waals surface area (Å²) in [6, 6.07) is 7.49. The van der Waals surface area contributed by atoms with E-state index in [1.807, 2.05) is 36.1 Å². The first-order valence-corrected chi connectivity index (χ1v) is 5.84. The Labute approximate surface area is 106 Å². The number of hydrogen-bond acceptors (Lipinski definition) is 4. The average Bonchev–Trinajstić information content (AvgIpc) is 2.37. The molecule has 1 atom stereocenters. The number of carbonyl (C=O) groups is 2. The highest BCUT2D eigenvalue weighted by atomic mass is 16.5. The summed E-state index contributed by atoms with van der Waals surface area (Å²) in [6.45, 7) is 2.17. The van der Waals surface area contributed by atoms with Crippen LogP contribution >= 0.6 is 0 Å². The largest absolute Gasteiger partial charge is 0.469 e. The van der Waals surface area contributed by atoms with E-state index in [-0.39, 0.29) is 30.9 Å². The number of anilines is 2. The molecule has 0 bridgehead atoms. The zero-order valence-electron chi connectivity index (χ0n) is 10.5. The lowest BCUT2D eigenvalue weighted by atomic mass is 10.1. The number of esters is 1. The second kappa shape index (κ2) is 5.08. The van der Waals surface area contributed by atoms with Crippen molar-refractivity contribution in [1.29, 1.82) is 0 Å². The molecule has 1 aromatic rings. The first kappa shape index (κ1) is 12.4. The molecule has 2 rings (SSSR count). The molecule has 0 spiro atoms. The lowest BCUT2D eigenvalue weighted by Crippen LogP contribution is -2.44. The van der Waals surface area contributed by atoms with Gasteiger partial charge in [-0.3, -0.25) is 9.59 Å². The number of hydrogen-bond donors (Lipinski definition) is 1. The number of ether oxygens (including phenoxy) is 1. The minimum atomic E-state index is -0.272. The van der Waals surface area contributed by atoms with Gasteiger partial charge in [0.1, 0.15) is 0 Å². The number of nitrogens with one attached hydrogen (secondary N) is 1. The van der Waals surface area contributed by atoms with Crippen molar-refractivity contribution in [1.82, 2.24) is 0 Å². The van der Waals surface area contributed by atoms with E-state index in [2.05, 4.69) is 10.1 Å². The van der Waals surface area contributed by atoms with Crippen LogP contribution in [0.5, 0.6) is 0 Å². The molecule has 1 heterocycles. The number of benzene rings is 1. The predicted molar refractivity (Wildman–Crippen MR) is 68.5 cm³/mol. The van der Waals surface area contributed by atoms with Crippen LogP contribution in [-0.4, -0.2) is 31.6 Å². The Morgan fingerprint density at radius 3 is 2.94 bits per heavy atom. The SMILES string of the molecule is COC(=O)CC(C)N1CC(=O)Nc2ccccc21. The first-order valence-electron chi connectivity index (χ1n) is 5.84. The van der Waals surface area contributed by atoms with E-state index in [9.17, 15) is 9.59 Å². The van der Waals surface area contributed by atoms with Gasteiger partial charge in [-0.25, -0.2) is 0 Å². The topological polar surface area (TPSA) is 58.6 Å². The Morgan fingerprint density at radius 1 is 1.50 bits per heavy atom. The van der Waals surface area contributed by atoms with Crippen LogP contribution in [-0.2, 0) is 14.3 Å². The molecule has 1 aromatic carbocycles. The van der Waals surface area contributed by atoms with E-state index >= 15 is 0 Å². The van der Waals surface area contributed by atoms with E-state index in [1.54, 1.807) is 0 Å². The molecular weight excluding hydrogens is 232 g/mol. The van der Waals surface area contributed by atoms with Gasteiger partial charge in [-0.05, 0) is 19.1 Å². The van der Waals surface area contributed by atoms with Crippen LogP contribution in [0.2, 0.25) is 0 Å². The van der Waals surface area contributed by atoms with E-state index in [0.717, 1.165) is 11.4 Å². The van der Waals surface area contributed by atoms with Gasteiger partial charge in [-0.1, -0.05) is 12.1 Å². The van der Waals surface area contributed by atoms with Crippen molar-refractivity contribution >= 4 is 23.3 Å². The van der Waals surface area contributed by atoms with Gasteiger partial charge >= 0.3 is 5.97 Å². The van der Waals surface area contributed by atoms with Crippen LogP contribution in [0.15, 0.2) is 24.3 Å². The van der Waals surface area contributed by atoms with E-state index in [0.29, 0.717) is 0 Å². The molecule has 0 aromatic heterocycles. The summed E-state index contributed by atoms with van der Waals surface area (Å²) in [5, 5.41) is 2.82. The Hall–Kier alpha value is -2.04. The maximum Gasteiger partial charge on any atom is 0.307 e. The zero-order chi connectivity index (χ0) is 13.1. The van der Waals surface area contributed by atoms with Crippen molar-refractivity contribution in [3.8, 4) is 0 Å². The van der Waals surface area contributed by atoms with Crippen LogP contribution in [0, 0.1) is 0 Å². The molecule has 0 fully saturated rings. The number of carbonyl (C=O) groups excluding carboxylic acids is 2. The number of methoxy groups -OCH3 is 1. The van der Waals surface area contributed by atoms with E-state index in [1.165, 1.54) is 7.11 Å². The zero-order valence-corrected chi connectivity index (χ0v) is 10.5. The highest BCUT2D eigenvalue weighted by Crippen LogP contribution is 2.30. The van der Waals surface area contributed by atoms with Crippen LogP contribution in [0.3, 0.4) is 0 Å². The molecule has 0 saturated heterocycles. The number of fused-ring (bicyclic) bond motifs is 1. The summed E-state index contributed by atoms with van der Waals surface area (Å²) in [6.07, 6.45) is 0.262. The molecule has 1 aliphatic heterocycles. The second-order valence-electron chi connectivity index (χ2n) is 4.32. The predicted octanol–water partition coefficient (Wildman–Crippen LogP) is 1.40. The molecule has 5 nitrogen and oxygen atoms in total. The molecule has 1 amide bonds. The third kappa shape index (κ3) is 2.45. The quantitative estimate of drug-likeness (QED) is 0.821. The number of nitrogens with zero attached hydrogens (tertiary/aromatic N) is 1. The van der Waals surface area contributed by atoms with Gasteiger partial charge < -0.3 is 15.0 Å². The van der Waals surface area contributed by atoms with Gasteiger partial charge in [-0.2, -0.15) is 0 Å². The Balaban J connectivity index is 2.23. The Bertz CT molecular complexity index is 473. The number of para-hydroxylation sites is 2. The molecule has 5 heteroatoms. The minimum absolute atomic E-state index is 0.0644. The Kier molecular flexibility index (Phi) is 3.50. The summed E-state index contributed by atoms with van der Waals surface area (Å²) >= 11 is 0. The maximum atomic E-state index is 11.6. The molecule has 0 saturated carbocycles. The minimum Gasteiger partial charge on any atom is -0.469 e. The second-order valence-corrected chi connectivity index (χ2v) is 4.32. The third-order valence-corrected chi connectivity index (χ3v) is 3.02. The third-order valence-electron chi connectivity index (χ3n) is 3.02. The standard InChI is InChI=1S/C13H16N2O3/c1-9(7-13(17)18-2)15-8-12(16)14-10-5-3-4-6-11(10)15/h3-6,9H,7-8H2,1-2H3,(H,14,16). The van der Waals surface area contributed by atoms with Gasteiger partial charge in [0.2, 0.25) is 5.91 Å². The summed E-state index contributed by atoms with van der Waals surface area (Å²) < 4.78 is 4.66. The van der Waals surface area contributed by atoms with Gasteiger partial charge in [0.25, 0.3) is 0 Å². The van der Waals surface area contributed by atoms with Crippen LogP contribution in [0.25, 0.3) is 0 Å². The highest BCUT2D eigenvalue weighted by Gasteiger charge is 2.26. The fourth-order valence-corrected chi connectivity index (χ4v) is 2.09. The normalized spacial score (nSPS) is 15.7. The van der Waals surface area contributed by atoms with Gasteiger partial charge in [0, 0.05) is 6.04 Å². The average molecular weight is 248 g/mol. The molecule has 18 heavy (non-hydrogen) atoms. The summed E-state index contributed by atoms with van der Waals surface area (Å²) in [5.41, 5.74) is 1.72. The molecule has 0 aliphatic carbocycles. The summed E-state index contributed by atoms with van der Waals surface area (Å²) in [5.74, 6) is -0.337. The monoisotopic (exact) mass is 248 g/mol. The smallest absolute Gasteiger partial charge is 0.307 e. The molecular formula is C13H16N2O3. The van der Waals surface area contributed by atoms with E-state index in [4.69, 9.17) is 0 Å². The van der Waals surface area contributed by atoms with Crippen molar-refractivity contribution in [2.24, 2.45) is 0 Å². The molecule has 1 N–H and O–H groups in total. The number of amides is 1. The van der Waals surface area contributed by atoms with Gasteiger partial charge in [0.15, 0.2) is 0 Å². The number of rotatable bonds is 3. The maximum absolute atomic E-state index is 11.6. The Morgan fingerprint density at radius 2 is 2.22 bits per heavy atom. The molecule has 1 aliphatic rings. The molecule has 96 valence electrons. The van der Waals surface area contributed by atoms with Crippen LogP contribution < -0.4 is 10.2 Å². The molecule has 0 radical (unpaired) electrons. The fourth-order valence-electron chi connectivity index (χ4n) is 2.09. The van der Waals surface area contributed by atoms with Crippen molar-refractivity contribution in [3.63, 3.8) is 0 Å². The fraction of sp³-hybridized carbons (Fsp3) is 0.385. The first-order chi connectivity index (χ1) is 8.61. The van der Waals surface area contributed by atoms with Crippen molar-refractivity contribution in [2.45, 2.75) is 19.4 Å². The summed E-state index contributed by atoms with van der Waals surface area (Å²) in [4.78, 5) is 24.9. The van der Waals surface area contributed by atoms with Crippen molar-refractivity contribution in [3.05, 3.63) is 24.3 Å². The lowest BCUT2D eigenvalue weighted by Gasteiger charge is -2.35. The summed E-state index contributed by atoms with van der Waals surface area (Å²) in [7, 11) is 1.37. The lowest BCUT2D eigenvalue weighted by molar-refractivity contribution is -0.141. The molecule has 1 unspecified atom stereocenters. The van der Waals surface area contributed by atoms with E-state index < -0.39 is 0 Å². The van der Waals surface area contributed by atoms with Gasteiger partial charge in [-0.15, -0.1) is 0 Å². The highest BCUT2D eigenvalue weighted by molar-refractivity contribution is 6.01. The van der Waals surface area contributed by atoms with Gasteiger partial charge in [0.05, 0.1) is 31.5 Å². The van der Waals surface area contributed by atoms with Crippen molar-refractivity contribution in [2.75, 3.05) is 23.9 Å².